The molecule has 0 aromatic heterocycles. The number of rotatable bonds is 7. The van der Waals surface area contributed by atoms with Gasteiger partial charge in [0.25, 0.3) is 0 Å². The van der Waals surface area contributed by atoms with Crippen LogP contribution in [0.1, 0.15) is 11.1 Å². The minimum absolute atomic E-state index is 0.213. The molecular formula is C23H22ClFN2O2S. The number of halogens is 2. The highest BCUT2D eigenvalue weighted by molar-refractivity contribution is 7.80. The summed E-state index contributed by atoms with van der Waals surface area (Å²) in [5.74, 6) is 0.883. The highest BCUT2D eigenvalue weighted by Gasteiger charge is 2.17. The lowest BCUT2D eigenvalue weighted by Crippen LogP contribution is -2.34. The first-order chi connectivity index (χ1) is 14.5. The van der Waals surface area contributed by atoms with Gasteiger partial charge in [-0.15, -0.1) is 0 Å². The summed E-state index contributed by atoms with van der Waals surface area (Å²) in [6.07, 6.45) is 0. The Kier molecular flexibility index (Phi) is 7.49. The highest BCUT2D eigenvalue weighted by Crippen LogP contribution is 2.30. The average molecular weight is 445 g/mol. The average Bonchev–Trinajstić information content (AvgIpc) is 2.76. The van der Waals surface area contributed by atoms with Crippen molar-refractivity contribution in [3.05, 3.63) is 88.7 Å². The largest absolute Gasteiger partial charge is 0.497 e. The molecule has 0 saturated carbocycles. The molecule has 4 nitrogen and oxygen atoms in total. The first-order valence-corrected chi connectivity index (χ1v) is 10.0. The maximum absolute atomic E-state index is 14.4. The second-order valence-electron chi connectivity index (χ2n) is 6.54. The minimum Gasteiger partial charge on any atom is -0.497 e. The summed E-state index contributed by atoms with van der Waals surface area (Å²) in [5.41, 5.74) is 2.11. The lowest BCUT2D eigenvalue weighted by atomic mass is 10.1. The van der Waals surface area contributed by atoms with Crippen molar-refractivity contribution in [1.82, 2.24) is 4.90 Å². The fourth-order valence-corrected chi connectivity index (χ4v) is 3.44. The molecule has 0 bridgehead atoms. The summed E-state index contributed by atoms with van der Waals surface area (Å²) < 4.78 is 25.1. The highest BCUT2D eigenvalue weighted by atomic mass is 35.5. The Balaban J connectivity index is 1.88. The van der Waals surface area contributed by atoms with Gasteiger partial charge in [-0.1, -0.05) is 48.0 Å². The molecule has 7 heteroatoms. The van der Waals surface area contributed by atoms with Crippen molar-refractivity contribution < 1.29 is 13.9 Å². The van der Waals surface area contributed by atoms with Crippen molar-refractivity contribution in [2.75, 3.05) is 19.5 Å². The van der Waals surface area contributed by atoms with Crippen LogP contribution in [-0.2, 0) is 13.1 Å². The van der Waals surface area contributed by atoms with Gasteiger partial charge in [-0.2, -0.15) is 0 Å². The van der Waals surface area contributed by atoms with Crippen LogP contribution >= 0.6 is 23.8 Å². The zero-order valence-corrected chi connectivity index (χ0v) is 18.3. The third-order valence-corrected chi connectivity index (χ3v) is 5.28. The normalized spacial score (nSPS) is 10.4. The van der Waals surface area contributed by atoms with Gasteiger partial charge in [-0.25, -0.2) is 4.39 Å². The number of hydrogen-bond acceptors (Lipinski definition) is 3. The second-order valence-corrected chi connectivity index (χ2v) is 7.33. The fraction of sp³-hybridized carbons (Fsp3) is 0.174. The van der Waals surface area contributed by atoms with E-state index < -0.39 is 0 Å². The third kappa shape index (κ3) is 5.40. The molecule has 30 heavy (non-hydrogen) atoms. The molecule has 0 radical (unpaired) electrons. The molecule has 0 aliphatic heterocycles. The van der Waals surface area contributed by atoms with Crippen molar-refractivity contribution in [2.24, 2.45) is 0 Å². The quantitative estimate of drug-likeness (QED) is 0.459. The molecule has 0 heterocycles. The zero-order chi connectivity index (χ0) is 21.5. The van der Waals surface area contributed by atoms with E-state index >= 15 is 0 Å². The summed E-state index contributed by atoms with van der Waals surface area (Å²) in [5, 5.41) is 3.98. The molecule has 0 amide bonds. The van der Waals surface area contributed by atoms with E-state index in [1.165, 1.54) is 6.07 Å². The Morgan fingerprint density at radius 1 is 1.00 bits per heavy atom. The van der Waals surface area contributed by atoms with Gasteiger partial charge in [-0.05, 0) is 42.0 Å². The van der Waals surface area contributed by atoms with Crippen molar-refractivity contribution >= 4 is 34.6 Å². The maximum atomic E-state index is 14.4. The Bertz CT molecular complexity index is 997. The number of thiocarbonyl (C=S) groups is 1. The molecule has 0 saturated heterocycles. The van der Waals surface area contributed by atoms with E-state index in [1.807, 2.05) is 47.4 Å². The molecular weight excluding hydrogens is 423 g/mol. The van der Waals surface area contributed by atoms with Gasteiger partial charge in [0, 0.05) is 29.7 Å². The first kappa shape index (κ1) is 21.9. The van der Waals surface area contributed by atoms with E-state index in [4.69, 9.17) is 33.3 Å². The monoisotopic (exact) mass is 444 g/mol. The Morgan fingerprint density at radius 2 is 1.77 bits per heavy atom. The number of methoxy groups -OCH3 is 2. The molecule has 156 valence electrons. The van der Waals surface area contributed by atoms with Crippen molar-refractivity contribution in [2.45, 2.75) is 13.1 Å². The van der Waals surface area contributed by atoms with E-state index in [1.54, 1.807) is 32.4 Å². The van der Waals surface area contributed by atoms with Crippen molar-refractivity contribution in [3.63, 3.8) is 0 Å². The van der Waals surface area contributed by atoms with Gasteiger partial charge in [-0.3, -0.25) is 0 Å². The summed E-state index contributed by atoms with van der Waals surface area (Å²) in [6.45, 7) is 0.695. The lowest BCUT2D eigenvalue weighted by molar-refractivity contribution is 0.394. The van der Waals surface area contributed by atoms with Gasteiger partial charge < -0.3 is 19.7 Å². The summed E-state index contributed by atoms with van der Waals surface area (Å²) in [6, 6.07) is 19.9. The number of nitrogens with one attached hydrogen (secondary N) is 1. The molecule has 1 N–H and O–H groups in total. The molecule has 0 unspecified atom stereocenters. The van der Waals surface area contributed by atoms with E-state index in [2.05, 4.69) is 5.32 Å². The summed E-state index contributed by atoms with van der Waals surface area (Å²) in [4.78, 5) is 1.86. The molecule has 0 fully saturated rings. The fourth-order valence-electron chi connectivity index (χ4n) is 2.97. The molecule has 0 atom stereocenters. The molecule has 3 rings (SSSR count). The topological polar surface area (TPSA) is 33.7 Å². The van der Waals surface area contributed by atoms with Crippen LogP contribution in [0.4, 0.5) is 10.1 Å². The lowest BCUT2D eigenvalue weighted by Gasteiger charge is -2.27. The Morgan fingerprint density at radius 3 is 2.43 bits per heavy atom. The van der Waals surface area contributed by atoms with Crippen LogP contribution < -0.4 is 14.8 Å². The summed E-state index contributed by atoms with van der Waals surface area (Å²) in [7, 11) is 3.16. The first-order valence-electron chi connectivity index (χ1n) is 9.26. The SMILES string of the molecule is COc1ccc(NC(=S)N(Cc2ccccc2)Cc2c(F)cccc2Cl)c(OC)c1. The number of ether oxygens (including phenoxy) is 2. The van der Waals surface area contributed by atoms with E-state index in [0.717, 1.165) is 5.56 Å². The van der Waals surface area contributed by atoms with Crippen LogP contribution in [0.25, 0.3) is 0 Å². The molecule has 3 aromatic rings. The Hall–Kier alpha value is -2.83. The van der Waals surface area contributed by atoms with Crippen molar-refractivity contribution in [1.29, 1.82) is 0 Å². The molecule has 0 aliphatic carbocycles. The van der Waals surface area contributed by atoms with Gasteiger partial charge in [0.1, 0.15) is 17.3 Å². The number of nitrogens with zero attached hydrogens (tertiary/aromatic N) is 1. The van der Waals surface area contributed by atoms with Gasteiger partial charge in [0.05, 0.1) is 19.9 Å². The molecule has 0 aliphatic rings. The van der Waals surface area contributed by atoms with Crippen LogP contribution in [0.2, 0.25) is 5.02 Å². The Labute approximate surface area is 186 Å². The molecule has 3 aromatic carbocycles. The predicted octanol–water partition coefficient (Wildman–Crippen LogP) is 5.90. The van der Waals surface area contributed by atoms with Crippen LogP contribution in [0.3, 0.4) is 0 Å². The standard InChI is InChI=1S/C23H22ClFN2O2S/c1-28-17-11-12-21(22(13-17)29-2)26-23(30)27(14-16-7-4-3-5-8-16)15-18-19(24)9-6-10-20(18)25/h3-13H,14-15H2,1-2H3,(H,26,30). The van der Waals surface area contributed by atoms with Gasteiger partial charge in [0.15, 0.2) is 5.11 Å². The van der Waals surface area contributed by atoms with E-state index in [9.17, 15) is 4.39 Å². The van der Waals surface area contributed by atoms with Crippen molar-refractivity contribution in [3.8, 4) is 11.5 Å². The van der Waals surface area contributed by atoms with Crippen LogP contribution in [0.5, 0.6) is 11.5 Å². The number of benzene rings is 3. The summed E-state index contributed by atoms with van der Waals surface area (Å²) >= 11 is 11.9. The predicted molar refractivity (Wildman–Crippen MR) is 123 cm³/mol. The third-order valence-electron chi connectivity index (χ3n) is 4.56. The zero-order valence-electron chi connectivity index (χ0n) is 16.7. The maximum Gasteiger partial charge on any atom is 0.174 e. The van der Waals surface area contributed by atoms with Gasteiger partial charge >= 0.3 is 0 Å². The van der Waals surface area contributed by atoms with E-state index in [-0.39, 0.29) is 12.4 Å². The van der Waals surface area contributed by atoms with Crippen LogP contribution in [0, 0.1) is 5.82 Å². The minimum atomic E-state index is -0.370. The smallest absolute Gasteiger partial charge is 0.174 e. The van der Waals surface area contributed by atoms with E-state index in [0.29, 0.717) is 39.4 Å². The van der Waals surface area contributed by atoms with Gasteiger partial charge in [0.2, 0.25) is 0 Å². The van der Waals surface area contributed by atoms with Crippen LogP contribution in [-0.4, -0.2) is 24.2 Å². The second kappa shape index (κ2) is 10.3. The number of anilines is 1. The molecule has 0 spiro atoms. The van der Waals surface area contributed by atoms with Crippen LogP contribution in [0.15, 0.2) is 66.7 Å². The number of hydrogen-bond donors (Lipinski definition) is 1.